The zero-order valence-electron chi connectivity index (χ0n) is 15.2. The van der Waals surface area contributed by atoms with E-state index in [1.54, 1.807) is 0 Å². The van der Waals surface area contributed by atoms with E-state index in [9.17, 15) is 18.0 Å². The Morgan fingerprint density at radius 1 is 1.15 bits per heavy atom. The molecule has 0 spiro atoms. The first-order valence-electron chi connectivity index (χ1n) is 8.98. The molecule has 0 aliphatic carbocycles. The number of aromatic nitrogens is 1. The Balaban J connectivity index is 1.55. The van der Waals surface area contributed by atoms with Crippen LogP contribution in [0.3, 0.4) is 0 Å². The number of hydrogen-bond donors (Lipinski definition) is 0. The van der Waals surface area contributed by atoms with Crippen LogP contribution in [0, 0.1) is 13.8 Å². The minimum atomic E-state index is -4.34. The second-order valence-corrected chi connectivity index (χ2v) is 7.15. The van der Waals surface area contributed by atoms with Crippen molar-refractivity contribution < 1.29 is 22.5 Å². The van der Waals surface area contributed by atoms with Gasteiger partial charge in [0.05, 0.1) is 11.7 Å². The summed E-state index contributed by atoms with van der Waals surface area (Å²) in [5.41, 5.74) is 1.97. The molecule has 2 saturated heterocycles. The van der Waals surface area contributed by atoms with E-state index in [4.69, 9.17) is 4.52 Å². The summed E-state index contributed by atoms with van der Waals surface area (Å²) < 4.78 is 43.1. The minimum absolute atomic E-state index is 0.195. The van der Waals surface area contributed by atoms with Gasteiger partial charge in [0.1, 0.15) is 12.3 Å². The number of nitrogens with zero attached hydrogens (tertiary/aromatic N) is 4. The zero-order valence-corrected chi connectivity index (χ0v) is 15.2. The fourth-order valence-corrected chi connectivity index (χ4v) is 3.82. The number of rotatable bonds is 4. The molecule has 2 fully saturated rings. The fraction of sp³-hybridized carbons (Fsp3) is 0.765. The van der Waals surface area contributed by atoms with Crippen molar-refractivity contribution >= 4 is 5.91 Å². The van der Waals surface area contributed by atoms with E-state index < -0.39 is 18.8 Å². The van der Waals surface area contributed by atoms with E-state index in [0.29, 0.717) is 25.9 Å². The Morgan fingerprint density at radius 2 is 1.85 bits per heavy atom. The maximum Gasteiger partial charge on any atom is 0.406 e. The number of carbonyl (C=O) groups excluding carboxylic acids is 1. The number of alkyl halides is 3. The average Bonchev–Trinajstić information content (AvgIpc) is 2.88. The van der Waals surface area contributed by atoms with E-state index >= 15 is 0 Å². The first kappa shape index (κ1) is 19.2. The van der Waals surface area contributed by atoms with Gasteiger partial charge in [0, 0.05) is 44.8 Å². The monoisotopic (exact) mass is 374 g/mol. The van der Waals surface area contributed by atoms with Crippen LogP contribution in [-0.2, 0) is 11.3 Å². The highest BCUT2D eigenvalue weighted by Gasteiger charge is 2.39. The van der Waals surface area contributed by atoms with Crippen LogP contribution in [-0.4, -0.2) is 77.3 Å². The van der Waals surface area contributed by atoms with E-state index in [0.717, 1.165) is 41.6 Å². The summed E-state index contributed by atoms with van der Waals surface area (Å²) in [6, 6.07) is -0.424. The summed E-state index contributed by atoms with van der Waals surface area (Å²) in [6.07, 6.45) is -3.09. The number of amides is 1. The van der Waals surface area contributed by atoms with Crippen molar-refractivity contribution in [1.82, 2.24) is 19.9 Å². The van der Waals surface area contributed by atoms with Gasteiger partial charge in [0.2, 0.25) is 5.91 Å². The molecule has 6 nitrogen and oxygen atoms in total. The lowest BCUT2D eigenvalue weighted by Gasteiger charge is -2.42. The molecule has 0 saturated carbocycles. The highest BCUT2D eigenvalue weighted by molar-refractivity contribution is 5.82. The topological polar surface area (TPSA) is 52.8 Å². The van der Waals surface area contributed by atoms with Crippen LogP contribution in [0.25, 0.3) is 0 Å². The molecule has 26 heavy (non-hydrogen) atoms. The quantitative estimate of drug-likeness (QED) is 0.807. The Hall–Kier alpha value is -1.61. The van der Waals surface area contributed by atoms with Crippen molar-refractivity contribution in [3.63, 3.8) is 0 Å². The van der Waals surface area contributed by atoms with Gasteiger partial charge in [-0.3, -0.25) is 14.6 Å². The number of hydrogen-bond acceptors (Lipinski definition) is 5. The Labute approximate surface area is 150 Å². The van der Waals surface area contributed by atoms with Gasteiger partial charge in [-0.05, 0) is 26.7 Å². The fourth-order valence-electron chi connectivity index (χ4n) is 3.82. The summed E-state index contributed by atoms with van der Waals surface area (Å²) in [5.74, 6) is 0.433. The highest BCUT2D eigenvalue weighted by Crippen LogP contribution is 2.24. The van der Waals surface area contributed by atoms with Gasteiger partial charge in [0.25, 0.3) is 0 Å². The van der Waals surface area contributed by atoms with Crippen LogP contribution in [0.2, 0.25) is 0 Å². The maximum atomic E-state index is 12.7. The summed E-state index contributed by atoms with van der Waals surface area (Å²) in [7, 11) is 0. The molecule has 3 heterocycles. The molecule has 1 unspecified atom stereocenters. The van der Waals surface area contributed by atoms with Crippen LogP contribution in [0.15, 0.2) is 4.52 Å². The smallest absolute Gasteiger partial charge is 0.361 e. The zero-order chi connectivity index (χ0) is 18.9. The molecule has 0 aromatic carbocycles. The molecule has 3 rings (SSSR count). The van der Waals surface area contributed by atoms with Crippen molar-refractivity contribution in [2.24, 2.45) is 0 Å². The molecule has 2 aliphatic heterocycles. The summed E-state index contributed by atoms with van der Waals surface area (Å²) in [5, 5.41) is 3.96. The lowest BCUT2D eigenvalue weighted by atomic mass is 10.0. The Kier molecular flexibility index (Phi) is 5.57. The maximum absolute atomic E-state index is 12.7. The second kappa shape index (κ2) is 7.56. The molecule has 9 heteroatoms. The average molecular weight is 374 g/mol. The molecule has 1 aromatic rings. The Morgan fingerprint density at radius 3 is 2.42 bits per heavy atom. The molecule has 146 valence electrons. The third kappa shape index (κ3) is 4.37. The molecule has 1 aromatic heterocycles. The van der Waals surface area contributed by atoms with Gasteiger partial charge < -0.3 is 9.42 Å². The predicted octanol–water partition coefficient (Wildman–Crippen LogP) is 1.96. The first-order chi connectivity index (χ1) is 12.2. The van der Waals surface area contributed by atoms with Gasteiger partial charge in [-0.2, -0.15) is 13.2 Å². The van der Waals surface area contributed by atoms with Gasteiger partial charge in [0.15, 0.2) is 0 Å². The first-order valence-corrected chi connectivity index (χ1v) is 8.98. The molecular weight excluding hydrogens is 349 g/mol. The van der Waals surface area contributed by atoms with Gasteiger partial charge in [-0.15, -0.1) is 0 Å². The number of piperidine rings is 1. The molecular formula is C17H25F3N4O2. The van der Waals surface area contributed by atoms with Crippen molar-refractivity contribution in [2.45, 2.75) is 45.5 Å². The van der Waals surface area contributed by atoms with E-state index in [1.807, 2.05) is 18.7 Å². The van der Waals surface area contributed by atoms with E-state index in [1.165, 1.54) is 0 Å². The van der Waals surface area contributed by atoms with E-state index in [2.05, 4.69) is 10.1 Å². The predicted molar refractivity (Wildman–Crippen MR) is 88.5 cm³/mol. The van der Waals surface area contributed by atoms with Crippen LogP contribution < -0.4 is 0 Å². The summed E-state index contributed by atoms with van der Waals surface area (Å²) in [4.78, 5) is 17.7. The minimum Gasteiger partial charge on any atom is -0.361 e. The highest BCUT2D eigenvalue weighted by atomic mass is 19.4. The number of piperazine rings is 1. The van der Waals surface area contributed by atoms with Crippen molar-refractivity contribution in [2.75, 3.05) is 39.3 Å². The Bertz CT molecular complexity index is 619. The number of likely N-dealkylation sites (tertiary alicyclic amines) is 1. The van der Waals surface area contributed by atoms with Gasteiger partial charge >= 0.3 is 6.18 Å². The van der Waals surface area contributed by atoms with Crippen LogP contribution in [0.4, 0.5) is 13.2 Å². The second-order valence-electron chi connectivity index (χ2n) is 7.15. The number of aryl methyl sites for hydroxylation is 2. The van der Waals surface area contributed by atoms with Crippen LogP contribution in [0.1, 0.15) is 29.9 Å². The molecule has 1 amide bonds. The van der Waals surface area contributed by atoms with Gasteiger partial charge in [-0.1, -0.05) is 5.16 Å². The van der Waals surface area contributed by atoms with Crippen molar-refractivity contribution in [3.05, 3.63) is 17.0 Å². The van der Waals surface area contributed by atoms with Crippen LogP contribution in [0.5, 0.6) is 0 Å². The van der Waals surface area contributed by atoms with E-state index in [-0.39, 0.29) is 12.5 Å². The van der Waals surface area contributed by atoms with Crippen molar-refractivity contribution in [1.29, 1.82) is 0 Å². The van der Waals surface area contributed by atoms with Crippen LogP contribution >= 0.6 is 0 Å². The molecule has 2 aliphatic rings. The molecule has 0 radical (unpaired) electrons. The SMILES string of the molecule is Cc1noc(C)c1CN1CCN(C2CCCN(CC(F)(F)F)C2=O)CC1. The molecule has 1 atom stereocenters. The van der Waals surface area contributed by atoms with Gasteiger partial charge in [-0.25, -0.2) is 0 Å². The summed E-state index contributed by atoms with van der Waals surface area (Å²) >= 11 is 0. The largest absolute Gasteiger partial charge is 0.406 e. The lowest BCUT2D eigenvalue weighted by molar-refractivity contribution is -0.168. The normalized spacial score (nSPS) is 23.7. The molecule has 0 N–H and O–H groups in total. The third-order valence-electron chi connectivity index (χ3n) is 5.28. The standard InChI is InChI=1S/C17H25F3N4O2/c1-12-14(13(2)26-21-12)10-22-6-8-23(9-7-22)15-4-3-5-24(16(15)25)11-17(18,19)20/h15H,3-11H2,1-2H3. The van der Waals surface area contributed by atoms with Crippen molar-refractivity contribution in [3.8, 4) is 0 Å². The summed E-state index contributed by atoms with van der Waals surface area (Å²) in [6.45, 7) is 6.50. The number of carbonyl (C=O) groups is 1. The molecule has 0 bridgehead atoms. The number of halogens is 3. The lowest BCUT2D eigenvalue weighted by Crippen LogP contribution is -2.58. The third-order valence-corrected chi connectivity index (χ3v) is 5.28.